The fourth-order valence-corrected chi connectivity index (χ4v) is 3.03. The van der Waals surface area contributed by atoms with E-state index in [9.17, 15) is 39.9 Å². The molecule has 0 saturated carbocycles. The van der Waals surface area contributed by atoms with Crippen LogP contribution < -0.4 is 11.1 Å². The van der Waals surface area contributed by atoms with Gasteiger partial charge in [0.25, 0.3) is 5.91 Å². The van der Waals surface area contributed by atoms with Crippen molar-refractivity contribution in [2.75, 3.05) is 11.1 Å². The maximum atomic E-state index is 14.2. The zero-order chi connectivity index (χ0) is 25.5. The molecule has 0 spiro atoms. The summed E-state index contributed by atoms with van der Waals surface area (Å²) in [4.78, 5) is 12.6. The molecular formula is C21H16F8N4O. The number of carbonyl (C=O) groups is 1. The molecule has 3 N–H and O–H groups in total. The number of rotatable bonds is 5. The summed E-state index contributed by atoms with van der Waals surface area (Å²) in [6, 6.07) is 7.73. The topological polar surface area (TPSA) is 72.9 Å². The number of amides is 1. The van der Waals surface area contributed by atoms with E-state index in [1.165, 1.54) is 12.1 Å². The fourth-order valence-electron chi connectivity index (χ4n) is 3.03. The van der Waals surface area contributed by atoms with Crippen LogP contribution in [0.15, 0.2) is 48.7 Å². The Morgan fingerprint density at radius 2 is 1.71 bits per heavy atom. The van der Waals surface area contributed by atoms with Crippen molar-refractivity contribution in [1.82, 2.24) is 9.78 Å². The van der Waals surface area contributed by atoms with Crippen LogP contribution in [0.1, 0.15) is 32.7 Å². The van der Waals surface area contributed by atoms with Crippen molar-refractivity contribution in [1.29, 1.82) is 0 Å². The Labute approximate surface area is 187 Å². The Hall–Kier alpha value is -3.64. The van der Waals surface area contributed by atoms with Gasteiger partial charge in [0.05, 0.1) is 17.7 Å². The number of aromatic nitrogens is 2. The zero-order valence-corrected chi connectivity index (χ0v) is 17.2. The van der Waals surface area contributed by atoms with Crippen molar-refractivity contribution >= 4 is 17.3 Å². The average Bonchev–Trinajstić information content (AvgIpc) is 3.14. The standard InChI is InChI=1S/C21H16F8N4O/c1-11-7-12(5-6-16(11)30)9-33-10-15(17(32-33)19(22,23)21(27,28)29)18(34)31-14-4-2-3-13(8-14)20(24,25)26/h2-8,10H,9,30H2,1H3,(H,31,34). The van der Waals surface area contributed by atoms with Gasteiger partial charge < -0.3 is 11.1 Å². The monoisotopic (exact) mass is 492 g/mol. The largest absolute Gasteiger partial charge is 0.459 e. The van der Waals surface area contributed by atoms with Gasteiger partial charge in [-0.15, -0.1) is 0 Å². The number of nitrogens with two attached hydrogens (primary N) is 1. The van der Waals surface area contributed by atoms with Gasteiger partial charge in [0.2, 0.25) is 0 Å². The number of benzene rings is 2. The second-order valence-electron chi connectivity index (χ2n) is 7.38. The number of alkyl halides is 8. The summed E-state index contributed by atoms with van der Waals surface area (Å²) in [5.74, 6) is -6.99. The molecular weight excluding hydrogens is 476 g/mol. The molecule has 0 aliphatic heterocycles. The van der Waals surface area contributed by atoms with Crippen LogP contribution in [-0.4, -0.2) is 21.9 Å². The number of carbonyl (C=O) groups excluding carboxylic acids is 1. The van der Waals surface area contributed by atoms with E-state index in [-0.39, 0.29) is 6.54 Å². The number of nitrogen functional groups attached to an aromatic ring is 1. The Balaban J connectivity index is 2.00. The summed E-state index contributed by atoms with van der Waals surface area (Å²) >= 11 is 0. The van der Waals surface area contributed by atoms with Crippen LogP contribution in [0.4, 0.5) is 46.5 Å². The van der Waals surface area contributed by atoms with Crippen molar-refractivity contribution in [3.8, 4) is 0 Å². The number of aryl methyl sites for hydroxylation is 1. The van der Waals surface area contributed by atoms with Gasteiger partial charge in [-0.25, -0.2) is 0 Å². The first-order valence-electron chi connectivity index (χ1n) is 9.45. The second-order valence-corrected chi connectivity index (χ2v) is 7.38. The number of halogens is 8. The van der Waals surface area contributed by atoms with Crippen molar-refractivity contribution in [2.24, 2.45) is 0 Å². The molecule has 0 saturated heterocycles. The zero-order valence-electron chi connectivity index (χ0n) is 17.2. The summed E-state index contributed by atoms with van der Waals surface area (Å²) in [5.41, 5.74) is 2.55. The maximum Gasteiger partial charge on any atom is 0.459 e. The first kappa shape index (κ1) is 25.0. The van der Waals surface area contributed by atoms with Crippen molar-refractivity contribution < 1.29 is 39.9 Å². The predicted octanol–water partition coefficient (Wildman–Crippen LogP) is 5.75. The molecule has 0 bridgehead atoms. The molecule has 3 aromatic rings. The van der Waals surface area contributed by atoms with E-state index in [1.54, 1.807) is 13.0 Å². The Morgan fingerprint density at radius 3 is 2.29 bits per heavy atom. The molecule has 0 unspecified atom stereocenters. The highest BCUT2D eigenvalue weighted by Crippen LogP contribution is 2.44. The first-order valence-corrected chi connectivity index (χ1v) is 9.45. The highest BCUT2D eigenvalue weighted by atomic mass is 19.4. The molecule has 1 aromatic heterocycles. The third-order valence-corrected chi connectivity index (χ3v) is 4.79. The van der Waals surface area contributed by atoms with Crippen LogP contribution in [0.25, 0.3) is 0 Å². The van der Waals surface area contributed by atoms with Gasteiger partial charge in [-0.3, -0.25) is 9.48 Å². The maximum absolute atomic E-state index is 14.2. The summed E-state index contributed by atoms with van der Waals surface area (Å²) in [6.45, 7) is 1.37. The Bertz CT molecular complexity index is 1210. The quantitative estimate of drug-likeness (QED) is 0.352. The molecule has 5 nitrogen and oxygen atoms in total. The summed E-state index contributed by atoms with van der Waals surface area (Å²) in [6.07, 6.45) is -10.2. The van der Waals surface area contributed by atoms with Crippen LogP contribution in [0.2, 0.25) is 0 Å². The third-order valence-electron chi connectivity index (χ3n) is 4.79. The minimum Gasteiger partial charge on any atom is -0.399 e. The molecule has 3 rings (SSSR count). The van der Waals surface area contributed by atoms with Gasteiger partial charge in [-0.05, 0) is 42.3 Å². The van der Waals surface area contributed by atoms with Gasteiger partial charge in [0.1, 0.15) is 0 Å². The van der Waals surface area contributed by atoms with Gasteiger partial charge >= 0.3 is 18.3 Å². The molecule has 0 atom stereocenters. The second kappa shape index (κ2) is 8.61. The van der Waals surface area contributed by atoms with E-state index >= 15 is 0 Å². The highest BCUT2D eigenvalue weighted by Gasteiger charge is 2.62. The predicted molar refractivity (Wildman–Crippen MR) is 106 cm³/mol. The minimum atomic E-state index is -6.07. The molecule has 0 radical (unpaired) electrons. The number of hydrogen-bond donors (Lipinski definition) is 2. The molecule has 0 fully saturated rings. The van der Waals surface area contributed by atoms with Crippen LogP contribution in [-0.2, 0) is 18.6 Å². The summed E-state index contributed by atoms with van der Waals surface area (Å²) in [7, 11) is 0. The number of nitrogens with zero attached hydrogens (tertiary/aromatic N) is 2. The molecule has 2 aromatic carbocycles. The van der Waals surface area contributed by atoms with E-state index in [0.717, 1.165) is 12.1 Å². The first-order chi connectivity index (χ1) is 15.6. The van der Waals surface area contributed by atoms with Crippen molar-refractivity contribution in [3.63, 3.8) is 0 Å². The van der Waals surface area contributed by atoms with Crippen LogP contribution in [0, 0.1) is 6.92 Å². The highest BCUT2D eigenvalue weighted by molar-refractivity contribution is 6.05. The lowest BCUT2D eigenvalue weighted by atomic mass is 10.1. The van der Waals surface area contributed by atoms with Crippen molar-refractivity contribution in [2.45, 2.75) is 31.7 Å². The molecule has 34 heavy (non-hydrogen) atoms. The van der Waals surface area contributed by atoms with Crippen molar-refractivity contribution in [3.05, 3.63) is 76.6 Å². The molecule has 1 heterocycles. The molecule has 1 amide bonds. The lowest BCUT2D eigenvalue weighted by Gasteiger charge is -2.18. The molecule has 0 aliphatic rings. The summed E-state index contributed by atoms with van der Waals surface area (Å²) < 4.78 is 107. The van der Waals surface area contributed by atoms with Crippen LogP contribution in [0.5, 0.6) is 0 Å². The molecule has 13 heteroatoms. The number of nitrogens with one attached hydrogen (secondary N) is 1. The Morgan fingerprint density at radius 1 is 1.03 bits per heavy atom. The SMILES string of the molecule is Cc1cc(Cn2cc(C(=O)Nc3cccc(C(F)(F)F)c3)c(C(F)(F)C(F)(F)F)n2)ccc1N. The van der Waals surface area contributed by atoms with Gasteiger partial charge in [-0.1, -0.05) is 18.2 Å². The van der Waals surface area contributed by atoms with E-state index in [4.69, 9.17) is 5.73 Å². The van der Waals surface area contributed by atoms with E-state index < -0.39 is 46.7 Å². The van der Waals surface area contributed by atoms with E-state index in [1.807, 2.05) is 5.32 Å². The van der Waals surface area contributed by atoms with Gasteiger partial charge in [-0.2, -0.15) is 40.2 Å². The smallest absolute Gasteiger partial charge is 0.399 e. The van der Waals surface area contributed by atoms with Gasteiger partial charge in [0, 0.05) is 17.6 Å². The number of anilines is 2. The average molecular weight is 492 g/mol. The normalized spacial score (nSPS) is 12.6. The lowest BCUT2D eigenvalue weighted by Crippen LogP contribution is -2.36. The van der Waals surface area contributed by atoms with Crippen LogP contribution >= 0.6 is 0 Å². The Kier molecular flexibility index (Phi) is 6.33. The lowest BCUT2D eigenvalue weighted by molar-refractivity contribution is -0.291. The van der Waals surface area contributed by atoms with Gasteiger partial charge in [0.15, 0.2) is 5.69 Å². The third kappa shape index (κ3) is 5.13. The summed E-state index contributed by atoms with van der Waals surface area (Å²) in [5, 5.41) is 5.21. The number of hydrogen-bond acceptors (Lipinski definition) is 3. The van der Waals surface area contributed by atoms with E-state index in [2.05, 4.69) is 5.10 Å². The fraction of sp³-hybridized carbons (Fsp3) is 0.238. The molecule has 0 aliphatic carbocycles. The minimum absolute atomic E-state index is 0.279. The van der Waals surface area contributed by atoms with E-state index in [0.29, 0.717) is 39.8 Å². The van der Waals surface area contributed by atoms with Crippen LogP contribution in [0.3, 0.4) is 0 Å². The molecule has 182 valence electrons.